The van der Waals surface area contributed by atoms with Crippen LogP contribution in [0.2, 0.25) is 0 Å². The number of nitrogens with zero attached hydrogens (tertiary/aromatic N) is 1. The van der Waals surface area contributed by atoms with E-state index in [4.69, 9.17) is 14.2 Å². The predicted molar refractivity (Wildman–Crippen MR) is 97.7 cm³/mol. The number of methoxy groups -OCH3 is 3. The molecule has 0 radical (unpaired) electrons. The Morgan fingerprint density at radius 1 is 1.00 bits per heavy atom. The van der Waals surface area contributed by atoms with Crippen LogP contribution in [0.3, 0.4) is 0 Å². The molecule has 0 saturated heterocycles. The Morgan fingerprint density at radius 2 is 1.69 bits per heavy atom. The summed E-state index contributed by atoms with van der Waals surface area (Å²) in [6.07, 6.45) is 2.52. The van der Waals surface area contributed by atoms with Crippen molar-refractivity contribution in [2.45, 2.75) is 25.8 Å². The first-order valence-electron chi connectivity index (χ1n) is 8.42. The number of nitrogens with one attached hydrogen (secondary N) is 1. The smallest absolute Gasteiger partial charge is 0.261 e. The molecule has 0 bridgehead atoms. The van der Waals surface area contributed by atoms with Gasteiger partial charge < -0.3 is 24.1 Å². The number of carbonyl (C=O) groups excluding carboxylic acids is 1. The van der Waals surface area contributed by atoms with Crippen molar-refractivity contribution in [2.24, 2.45) is 0 Å². The summed E-state index contributed by atoms with van der Waals surface area (Å²) in [6.45, 7) is 0.616. The molecule has 1 aromatic heterocycles. The Bertz CT molecular complexity index is 866. The molecular formula is C19H22N2O5. The van der Waals surface area contributed by atoms with E-state index in [1.165, 1.54) is 13.2 Å². The Labute approximate surface area is 151 Å². The average Bonchev–Trinajstić information content (AvgIpc) is 2.67. The molecule has 2 heterocycles. The second-order valence-corrected chi connectivity index (χ2v) is 6.04. The number of benzene rings is 1. The fraction of sp³-hybridized carbons (Fsp3) is 0.368. The van der Waals surface area contributed by atoms with Crippen molar-refractivity contribution in [1.82, 2.24) is 4.57 Å². The van der Waals surface area contributed by atoms with Gasteiger partial charge in [0, 0.05) is 42.2 Å². The molecule has 7 heteroatoms. The minimum atomic E-state index is -0.331. The monoisotopic (exact) mass is 358 g/mol. The summed E-state index contributed by atoms with van der Waals surface area (Å²) in [5, 5.41) is 2.86. The van der Waals surface area contributed by atoms with Crippen LogP contribution >= 0.6 is 0 Å². The maximum Gasteiger partial charge on any atom is 0.261 e. The summed E-state index contributed by atoms with van der Waals surface area (Å²) >= 11 is 0. The summed E-state index contributed by atoms with van der Waals surface area (Å²) in [5.74, 6) is 1.09. The number of carbonyl (C=O) groups is 1. The van der Waals surface area contributed by atoms with Gasteiger partial charge in [-0.1, -0.05) is 0 Å². The van der Waals surface area contributed by atoms with E-state index in [0.29, 0.717) is 41.4 Å². The number of pyridine rings is 1. The van der Waals surface area contributed by atoms with Crippen molar-refractivity contribution in [2.75, 3.05) is 26.6 Å². The summed E-state index contributed by atoms with van der Waals surface area (Å²) in [5.41, 5.74) is 1.51. The normalized spacial score (nSPS) is 12.9. The minimum Gasteiger partial charge on any atom is -0.497 e. The quantitative estimate of drug-likeness (QED) is 0.888. The SMILES string of the molecule is COc1cc(NC(=O)c2c(OC)cc(=O)n3c2CCCC3)cc(OC)c1. The number of fused-ring (bicyclic) bond motifs is 1. The molecule has 2 aromatic rings. The molecule has 1 amide bonds. The molecule has 138 valence electrons. The first-order valence-corrected chi connectivity index (χ1v) is 8.42. The Hall–Kier alpha value is -2.96. The number of rotatable bonds is 5. The molecule has 0 atom stereocenters. The molecule has 0 aliphatic carbocycles. The second kappa shape index (κ2) is 7.51. The van der Waals surface area contributed by atoms with E-state index in [0.717, 1.165) is 12.8 Å². The van der Waals surface area contributed by atoms with Crippen molar-refractivity contribution in [1.29, 1.82) is 0 Å². The molecule has 1 aliphatic heterocycles. The summed E-state index contributed by atoms with van der Waals surface area (Å²) in [7, 11) is 4.55. The van der Waals surface area contributed by atoms with Gasteiger partial charge in [-0.25, -0.2) is 0 Å². The number of hydrogen-bond donors (Lipinski definition) is 1. The molecular weight excluding hydrogens is 336 g/mol. The fourth-order valence-electron chi connectivity index (χ4n) is 3.22. The van der Waals surface area contributed by atoms with Crippen LogP contribution in [-0.4, -0.2) is 31.8 Å². The van der Waals surface area contributed by atoms with Crippen LogP contribution in [0.4, 0.5) is 5.69 Å². The van der Waals surface area contributed by atoms with E-state index >= 15 is 0 Å². The van der Waals surface area contributed by atoms with Gasteiger partial charge >= 0.3 is 0 Å². The van der Waals surface area contributed by atoms with Crippen molar-refractivity contribution < 1.29 is 19.0 Å². The fourth-order valence-corrected chi connectivity index (χ4v) is 3.22. The van der Waals surface area contributed by atoms with Crippen molar-refractivity contribution in [3.8, 4) is 17.2 Å². The molecule has 0 unspecified atom stereocenters. The van der Waals surface area contributed by atoms with Crippen molar-refractivity contribution in [3.63, 3.8) is 0 Å². The molecule has 3 rings (SSSR count). The van der Waals surface area contributed by atoms with Crippen LogP contribution in [0.1, 0.15) is 28.9 Å². The molecule has 1 N–H and O–H groups in total. The zero-order valence-electron chi connectivity index (χ0n) is 15.1. The Balaban J connectivity index is 2.02. The maximum absolute atomic E-state index is 13.0. The minimum absolute atomic E-state index is 0.142. The van der Waals surface area contributed by atoms with Crippen LogP contribution in [0.5, 0.6) is 17.2 Å². The molecule has 1 aromatic carbocycles. The Morgan fingerprint density at radius 3 is 2.31 bits per heavy atom. The van der Waals surface area contributed by atoms with Gasteiger partial charge in [0.1, 0.15) is 22.8 Å². The number of ether oxygens (including phenoxy) is 3. The lowest BCUT2D eigenvalue weighted by Crippen LogP contribution is -2.30. The number of aromatic nitrogens is 1. The van der Waals surface area contributed by atoms with Crippen LogP contribution in [0.25, 0.3) is 0 Å². The standard InChI is InChI=1S/C19H22N2O5/c1-24-13-8-12(9-14(10-13)25-2)20-19(23)18-15-6-4-5-7-21(15)17(22)11-16(18)26-3/h8-11H,4-7H2,1-3H3,(H,20,23). The van der Waals surface area contributed by atoms with Gasteiger partial charge in [-0.15, -0.1) is 0 Å². The van der Waals surface area contributed by atoms with Gasteiger partial charge in [0.25, 0.3) is 11.5 Å². The molecule has 0 saturated carbocycles. The second-order valence-electron chi connectivity index (χ2n) is 6.04. The third-order valence-corrected chi connectivity index (χ3v) is 4.48. The highest BCUT2D eigenvalue weighted by molar-refractivity contribution is 6.07. The highest BCUT2D eigenvalue weighted by atomic mass is 16.5. The topological polar surface area (TPSA) is 78.8 Å². The van der Waals surface area contributed by atoms with Gasteiger partial charge in [-0.3, -0.25) is 9.59 Å². The van der Waals surface area contributed by atoms with Gasteiger partial charge in [0.2, 0.25) is 0 Å². The van der Waals surface area contributed by atoms with E-state index in [-0.39, 0.29) is 17.2 Å². The van der Waals surface area contributed by atoms with Gasteiger partial charge in [0.05, 0.1) is 21.3 Å². The zero-order chi connectivity index (χ0) is 18.7. The molecule has 0 spiro atoms. The zero-order valence-corrected chi connectivity index (χ0v) is 15.1. The van der Waals surface area contributed by atoms with E-state index < -0.39 is 0 Å². The third-order valence-electron chi connectivity index (χ3n) is 4.48. The van der Waals surface area contributed by atoms with Crippen LogP contribution < -0.4 is 25.1 Å². The number of hydrogen-bond acceptors (Lipinski definition) is 5. The highest BCUT2D eigenvalue weighted by Gasteiger charge is 2.24. The van der Waals surface area contributed by atoms with Crippen molar-refractivity contribution >= 4 is 11.6 Å². The highest BCUT2D eigenvalue weighted by Crippen LogP contribution is 2.29. The molecule has 0 fully saturated rings. The molecule has 26 heavy (non-hydrogen) atoms. The summed E-state index contributed by atoms with van der Waals surface area (Å²) in [6, 6.07) is 6.50. The molecule has 7 nitrogen and oxygen atoms in total. The first-order chi connectivity index (χ1) is 12.6. The lowest BCUT2D eigenvalue weighted by Gasteiger charge is -2.22. The average molecular weight is 358 g/mol. The van der Waals surface area contributed by atoms with Crippen LogP contribution in [-0.2, 0) is 13.0 Å². The maximum atomic E-state index is 13.0. The van der Waals surface area contributed by atoms with Crippen LogP contribution in [0, 0.1) is 0 Å². The summed E-state index contributed by atoms with van der Waals surface area (Å²) in [4.78, 5) is 25.3. The largest absolute Gasteiger partial charge is 0.497 e. The van der Waals surface area contributed by atoms with Gasteiger partial charge in [-0.2, -0.15) is 0 Å². The third kappa shape index (κ3) is 3.37. The van der Waals surface area contributed by atoms with E-state index in [2.05, 4.69) is 5.32 Å². The van der Waals surface area contributed by atoms with Crippen LogP contribution in [0.15, 0.2) is 29.1 Å². The lowest BCUT2D eigenvalue weighted by atomic mass is 10.0. The van der Waals surface area contributed by atoms with Crippen molar-refractivity contribution in [3.05, 3.63) is 45.9 Å². The van der Waals surface area contributed by atoms with E-state index in [9.17, 15) is 9.59 Å². The Kier molecular flexibility index (Phi) is 5.16. The first kappa shape index (κ1) is 17.8. The van der Waals surface area contributed by atoms with E-state index in [1.54, 1.807) is 37.0 Å². The molecule has 1 aliphatic rings. The number of anilines is 1. The predicted octanol–water partition coefficient (Wildman–Crippen LogP) is 2.46. The van der Waals surface area contributed by atoms with Gasteiger partial charge in [-0.05, 0) is 19.3 Å². The summed E-state index contributed by atoms with van der Waals surface area (Å²) < 4.78 is 17.4. The lowest BCUT2D eigenvalue weighted by molar-refractivity contribution is 0.102. The van der Waals surface area contributed by atoms with E-state index in [1.807, 2.05) is 0 Å². The number of amides is 1. The van der Waals surface area contributed by atoms with Gasteiger partial charge in [0.15, 0.2) is 0 Å².